The van der Waals surface area contributed by atoms with Crippen LogP contribution in [0.25, 0.3) is 6.08 Å². The van der Waals surface area contributed by atoms with Crippen molar-refractivity contribution in [1.82, 2.24) is 9.80 Å². The van der Waals surface area contributed by atoms with Crippen molar-refractivity contribution in [2.24, 2.45) is 0 Å². The van der Waals surface area contributed by atoms with E-state index < -0.39 is 5.91 Å². The monoisotopic (exact) mass is 338 g/mol. The lowest BCUT2D eigenvalue weighted by Crippen LogP contribution is -2.35. The Bertz CT molecular complexity index is 819. The highest BCUT2D eigenvalue weighted by molar-refractivity contribution is 6.04. The highest BCUT2D eigenvalue weighted by Gasteiger charge is 2.44. The van der Waals surface area contributed by atoms with E-state index in [0.717, 1.165) is 5.56 Å². The second kappa shape index (κ2) is 6.89. The third-order valence-corrected chi connectivity index (χ3v) is 4.50. The molecule has 128 valence electrons. The maximum atomic E-state index is 13.3. The molecule has 0 radical (unpaired) electrons. The van der Waals surface area contributed by atoms with Crippen LogP contribution in [0.3, 0.4) is 0 Å². The average molecular weight is 338 g/mol. The smallest absolute Gasteiger partial charge is 0.322 e. The van der Waals surface area contributed by atoms with Gasteiger partial charge in [-0.25, -0.2) is 9.18 Å². The number of amides is 3. The van der Waals surface area contributed by atoms with Crippen LogP contribution in [0.4, 0.5) is 9.18 Å². The molecule has 0 unspecified atom stereocenters. The molecule has 5 heteroatoms. The largest absolute Gasteiger partial charge is 0.327 e. The second-order valence-electron chi connectivity index (χ2n) is 6.09. The van der Waals surface area contributed by atoms with Crippen LogP contribution in [0.2, 0.25) is 0 Å². The summed E-state index contributed by atoms with van der Waals surface area (Å²) in [5.41, 5.74) is 1.47. The van der Waals surface area contributed by atoms with Crippen LogP contribution in [-0.2, 0) is 4.79 Å². The quantitative estimate of drug-likeness (QED) is 0.797. The summed E-state index contributed by atoms with van der Waals surface area (Å²) in [5.74, 6) is -0.790. The van der Waals surface area contributed by atoms with Gasteiger partial charge < -0.3 is 4.90 Å². The molecular weight excluding hydrogens is 319 g/mol. The number of benzene rings is 2. The molecule has 1 aliphatic heterocycles. The molecule has 2 aromatic rings. The summed E-state index contributed by atoms with van der Waals surface area (Å²) in [6.07, 6.45) is 2.83. The minimum absolute atomic E-state index is 0.138. The summed E-state index contributed by atoms with van der Waals surface area (Å²) in [7, 11) is 1.69. The molecule has 25 heavy (non-hydrogen) atoms. The van der Waals surface area contributed by atoms with Crippen molar-refractivity contribution in [3.05, 3.63) is 77.6 Å². The number of imide groups is 1. The molecule has 1 fully saturated rings. The first kappa shape index (κ1) is 16.9. The Labute approximate surface area is 146 Å². The SMILES string of the molecule is C[C@@H]1[C@H](c2ccccc2)N(C(=O)C=Cc2cccc(F)c2)C(=O)N1C. The van der Waals surface area contributed by atoms with Gasteiger partial charge in [0.15, 0.2) is 0 Å². The number of hydrogen-bond donors (Lipinski definition) is 0. The third kappa shape index (κ3) is 3.31. The van der Waals surface area contributed by atoms with Gasteiger partial charge in [0.25, 0.3) is 5.91 Å². The standard InChI is InChI=1S/C20H19FN2O2/c1-14-19(16-8-4-3-5-9-16)23(20(25)22(14)2)18(24)12-11-15-7-6-10-17(21)13-15/h3-14,19H,1-2H3/t14-,19-/m1/s1. The van der Waals surface area contributed by atoms with Crippen molar-refractivity contribution in [1.29, 1.82) is 0 Å². The molecule has 0 bridgehead atoms. The summed E-state index contributed by atoms with van der Waals surface area (Å²) in [5, 5.41) is 0. The maximum Gasteiger partial charge on any atom is 0.327 e. The average Bonchev–Trinajstić information content (AvgIpc) is 2.85. The molecule has 2 atom stereocenters. The van der Waals surface area contributed by atoms with Crippen LogP contribution in [0, 0.1) is 5.82 Å². The second-order valence-corrected chi connectivity index (χ2v) is 6.09. The molecule has 1 saturated heterocycles. The molecule has 0 saturated carbocycles. The van der Waals surface area contributed by atoms with E-state index in [2.05, 4.69) is 0 Å². The molecule has 3 amide bonds. The van der Waals surface area contributed by atoms with E-state index in [-0.39, 0.29) is 23.9 Å². The number of carbonyl (C=O) groups excluding carboxylic acids is 2. The van der Waals surface area contributed by atoms with E-state index in [1.54, 1.807) is 24.1 Å². The van der Waals surface area contributed by atoms with E-state index >= 15 is 0 Å². The van der Waals surface area contributed by atoms with E-state index in [0.29, 0.717) is 5.56 Å². The normalized spacial score (nSPS) is 20.5. The number of halogens is 1. The van der Waals surface area contributed by atoms with Crippen molar-refractivity contribution in [3.8, 4) is 0 Å². The molecule has 0 N–H and O–H groups in total. The zero-order valence-corrected chi connectivity index (χ0v) is 14.1. The van der Waals surface area contributed by atoms with Crippen LogP contribution in [-0.4, -0.2) is 34.8 Å². The Hall–Kier alpha value is -2.95. The molecular formula is C20H19FN2O2. The van der Waals surface area contributed by atoms with Crippen molar-refractivity contribution in [2.45, 2.75) is 19.0 Å². The van der Waals surface area contributed by atoms with Crippen molar-refractivity contribution >= 4 is 18.0 Å². The fourth-order valence-corrected chi connectivity index (χ4v) is 3.06. The van der Waals surface area contributed by atoms with Gasteiger partial charge in [0.1, 0.15) is 5.82 Å². The summed E-state index contributed by atoms with van der Waals surface area (Å²) >= 11 is 0. The zero-order chi connectivity index (χ0) is 18.0. The molecule has 0 aromatic heterocycles. The van der Waals surface area contributed by atoms with Crippen molar-refractivity contribution in [3.63, 3.8) is 0 Å². The summed E-state index contributed by atoms with van der Waals surface area (Å²) in [4.78, 5) is 28.1. The fourth-order valence-electron chi connectivity index (χ4n) is 3.06. The highest BCUT2D eigenvalue weighted by Crippen LogP contribution is 2.34. The van der Waals surface area contributed by atoms with Gasteiger partial charge in [-0.3, -0.25) is 9.69 Å². The number of carbonyl (C=O) groups is 2. The minimum Gasteiger partial charge on any atom is -0.322 e. The van der Waals surface area contributed by atoms with E-state index in [9.17, 15) is 14.0 Å². The first-order chi connectivity index (χ1) is 12.0. The Morgan fingerprint density at radius 3 is 2.52 bits per heavy atom. The van der Waals surface area contributed by atoms with E-state index in [1.165, 1.54) is 29.2 Å². The minimum atomic E-state index is -0.417. The number of rotatable bonds is 3. The lowest BCUT2D eigenvalue weighted by Gasteiger charge is -2.23. The molecule has 3 rings (SSSR count). The third-order valence-electron chi connectivity index (χ3n) is 4.50. The predicted octanol–water partition coefficient (Wildman–Crippen LogP) is 3.86. The van der Waals surface area contributed by atoms with Crippen LogP contribution >= 0.6 is 0 Å². The molecule has 4 nitrogen and oxygen atoms in total. The Morgan fingerprint density at radius 1 is 1.12 bits per heavy atom. The van der Waals surface area contributed by atoms with Crippen LogP contribution in [0.1, 0.15) is 24.1 Å². The lowest BCUT2D eigenvalue weighted by molar-refractivity contribution is -0.124. The van der Waals surface area contributed by atoms with Gasteiger partial charge >= 0.3 is 6.03 Å². The Kier molecular flexibility index (Phi) is 4.65. The molecule has 1 heterocycles. The van der Waals surface area contributed by atoms with Gasteiger partial charge in [-0.2, -0.15) is 0 Å². The Morgan fingerprint density at radius 2 is 1.84 bits per heavy atom. The van der Waals surface area contributed by atoms with Gasteiger partial charge in [-0.15, -0.1) is 0 Å². The lowest BCUT2D eigenvalue weighted by atomic mass is 10.0. The van der Waals surface area contributed by atoms with Crippen LogP contribution < -0.4 is 0 Å². The predicted molar refractivity (Wildman–Crippen MR) is 94.1 cm³/mol. The number of hydrogen-bond acceptors (Lipinski definition) is 2. The fraction of sp³-hybridized carbons (Fsp3) is 0.200. The number of urea groups is 1. The maximum absolute atomic E-state index is 13.3. The topological polar surface area (TPSA) is 40.6 Å². The van der Waals surface area contributed by atoms with Crippen molar-refractivity contribution in [2.75, 3.05) is 7.05 Å². The van der Waals surface area contributed by atoms with Gasteiger partial charge in [-0.1, -0.05) is 42.5 Å². The number of likely N-dealkylation sites (N-methyl/N-ethyl adjacent to an activating group) is 1. The van der Waals surface area contributed by atoms with Gasteiger partial charge in [0.2, 0.25) is 0 Å². The molecule has 0 aliphatic carbocycles. The highest BCUT2D eigenvalue weighted by atomic mass is 19.1. The van der Waals surface area contributed by atoms with Crippen LogP contribution in [0.15, 0.2) is 60.7 Å². The summed E-state index contributed by atoms with van der Waals surface area (Å²) < 4.78 is 13.3. The van der Waals surface area contributed by atoms with Gasteiger partial charge in [0, 0.05) is 13.1 Å². The van der Waals surface area contributed by atoms with E-state index in [1.807, 2.05) is 37.3 Å². The summed E-state index contributed by atoms with van der Waals surface area (Å²) in [6.45, 7) is 1.92. The molecule has 2 aromatic carbocycles. The Balaban J connectivity index is 1.89. The van der Waals surface area contributed by atoms with Crippen molar-refractivity contribution < 1.29 is 14.0 Å². The van der Waals surface area contributed by atoms with E-state index in [4.69, 9.17) is 0 Å². The number of nitrogens with zero attached hydrogens (tertiary/aromatic N) is 2. The zero-order valence-electron chi connectivity index (χ0n) is 14.1. The molecule has 0 spiro atoms. The van der Waals surface area contributed by atoms with Crippen LogP contribution in [0.5, 0.6) is 0 Å². The molecule has 1 aliphatic rings. The van der Waals surface area contributed by atoms with Gasteiger partial charge in [-0.05, 0) is 36.3 Å². The first-order valence-electron chi connectivity index (χ1n) is 8.07. The first-order valence-corrected chi connectivity index (χ1v) is 8.07. The summed E-state index contributed by atoms with van der Waals surface area (Å²) in [6, 6.07) is 14.6. The van der Waals surface area contributed by atoms with Gasteiger partial charge in [0.05, 0.1) is 12.1 Å².